The summed E-state index contributed by atoms with van der Waals surface area (Å²) in [5, 5.41) is 4.14. The molecule has 1 aliphatic heterocycles. The lowest BCUT2D eigenvalue weighted by atomic mass is 9.85. The Morgan fingerprint density at radius 3 is 2.71 bits per heavy atom. The molecule has 0 spiro atoms. The second kappa shape index (κ2) is 9.20. The molecule has 2 aliphatic carbocycles. The number of halogens is 1. The molecule has 1 aromatic carbocycles. The van der Waals surface area contributed by atoms with Crippen LogP contribution in [-0.2, 0) is 6.42 Å². The first-order valence-electron chi connectivity index (χ1n) is 12.2. The van der Waals surface area contributed by atoms with Gasteiger partial charge in [0.05, 0.1) is 0 Å². The van der Waals surface area contributed by atoms with E-state index in [1.165, 1.54) is 29.7 Å². The molecule has 6 rings (SSSR count). The zero-order valence-corrected chi connectivity index (χ0v) is 20.9. The quantitative estimate of drug-likeness (QED) is 0.481. The molecule has 7 nitrogen and oxygen atoms in total. The van der Waals surface area contributed by atoms with Crippen LogP contribution in [0.4, 0.5) is 21.2 Å². The van der Waals surface area contributed by atoms with Crippen LogP contribution in [0.5, 0.6) is 11.8 Å². The van der Waals surface area contributed by atoms with Crippen molar-refractivity contribution in [2.45, 2.75) is 38.5 Å². The van der Waals surface area contributed by atoms with Gasteiger partial charge in [-0.05, 0) is 62.4 Å². The molecule has 182 valence electrons. The Morgan fingerprint density at radius 2 is 1.94 bits per heavy atom. The van der Waals surface area contributed by atoms with Crippen LogP contribution in [0.15, 0.2) is 30.0 Å². The van der Waals surface area contributed by atoms with Gasteiger partial charge in [0.1, 0.15) is 11.6 Å². The molecule has 1 saturated carbocycles. The number of likely N-dealkylation sites (N-methyl/N-ethyl adjacent to an activating group) is 1. The molecule has 3 heterocycles. The minimum atomic E-state index is -0.403. The minimum absolute atomic E-state index is 0.122. The second-order valence-electron chi connectivity index (χ2n) is 9.76. The van der Waals surface area contributed by atoms with Crippen LogP contribution < -0.4 is 15.0 Å². The first kappa shape index (κ1) is 22.4. The normalized spacial score (nSPS) is 18.3. The van der Waals surface area contributed by atoms with E-state index in [4.69, 9.17) is 4.74 Å². The van der Waals surface area contributed by atoms with Gasteiger partial charge >= 0.3 is 6.01 Å². The van der Waals surface area contributed by atoms with E-state index in [0.717, 1.165) is 54.7 Å². The summed E-state index contributed by atoms with van der Waals surface area (Å²) in [6.07, 6.45) is 8.57. The molecule has 2 aromatic heterocycles. The van der Waals surface area contributed by atoms with Gasteiger partial charge in [0.15, 0.2) is 16.7 Å². The van der Waals surface area contributed by atoms with Gasteiger partial charge in [-0.3, -0.25) is 0 Å². The van der Waals surface area contributed by atoms with Gasteiger partial charge in [0, 0.05) is 43.3 Å². The van der Waals surface area contributed by atoms with Gasteiger partial charge < -0.3 is 19.9 Å². The Labute approximate surface area is 208 Å². The lowest BCUT2D eigenvalue weighted by molar-refractivity contribution is 0.311. The summed E-state index contributed by atoms with van der Waals surface area (Å²) >= 11 is 1.67. The number of ether oxygens (including phenoxy) is 1. The fourth-order valence-corrected chi connectivity index (χ4v) is 5.74. The molecule has 0 atom stereocenters. The van der Waals surface area contributed by atoms with Crippen LogP contribution in [0.25, 0.3) is 6.08 Å². The molecule has 0 amide bonds. The van der Waals surface area contributed by atoms with Crippen LogP contribution in [0, 0.1) is 5.82 Å². The Hall–Kier alpha value is -3.04. The first-order chi connectivity index (χ1) is 17.0. The van der Waals surface area contributed by atoms with Gasteiger partial charge in [-0.1, -0.05) is 18.1 Å². The molecule has 0 unspecified atom stereocenters. The number of aromatic nitrogens is 3. The van der Waals surface area contributed by atoms with E-state index in [0.29, 0.717) is 11.7 Å². The number of hydrogen-bond acceptors (Lipinski definition) is 8. The highest BCUT2D eigenvalue weighted by molar-refractivity contribution is 7.15. The summed E-state index contributed by atoms with van der Waals surface area (Å²) in [4.78, 5) is 19.6. The second-order valence-corrected chi connectivity index (χ2v) is 10.8. The zero-order chi connectivity index (χ0) is 23.9. The third-order valence-corrected chi connectivity index (χ3v) is 8.13. The number of nitrogens with zero attached hydrogens (tertiary/aromatic N) is 5. The highest BCUT2D eigenvalue weighted by atomic mass is 32.1. The maximum absolute atomic E-state index is 14.9. The van der Waals surface area contributed by atoms with Crippen LogP contribution >= 0.6 is 11.3 Å². The molecule has 9 heteroatoms. The van der Waals surface area contributed by atoms with Crippen LogP contribution in [-0.4, -0.2) is 53.1 Å². The van der Waals surface area contributed by atoms with Crippen molar-refractivity contribution in [3.8, 4) is 11.8 Å². The smallest absolute Gasteiger partial charge is 0.326 e. The van der Waals surface area contributed by atoms with Gasteiger partial charge in [-0.15, -0.1) is 11.3 Å². The number of benzene rings is 1. The molecule has 0 bridgehead atoms. The Kier molecular flexibility index (Phi) is 5.89. The number of piperazine rings is 1. The highest BCUT2D eigenvalue weighted by Gasteiger charge is 2.23. The number of allylic oxidation sites excluding steroid dienone is 1. The molecule has 2 fully saturated rings. The topological polar surface area (TPSA) is 66.4 Å². The summed E-state index contributed by atoms with van der Waals surface area (Å²) in [5.41, 5.74) is 3.17. The first-order valence-corrected chi connectivity index (χ1v) is 13.0. The van der Waals surface area contributed by atoms with Crippen molar-refractivity contribution in [2.75, 3.05) is 43.4 Å². The minimum Gasteiger partial charge on any atom is -0.421 e. The summed E-state index contributed by atoms with van der Waals surface area (Å²) < 4.78 is 20.8. The average Bonchev–Trinajstić information content (AvgIpc) is 3.38. The predicted molar refractivity (Wildman–Crippen MR) is 138 cm³/mol. The van der Waals surface area contributed by atoms with E-state index in [9.17, 15) is 4.39 Å². The number of fused-ring (bicyclic) bond motifs is 1. The SMILES string of the molecule is CC1=Cc2cc(Oc3nc(Nc4ncc(C5CCC5)s4)cc(N4CCN(C)CC4)n3)c(F)cc2C1. The molecular weight excluding hydrogens is 463 g/mol. The average molecular weight is 493 g/mol. The van der Waals surface area contributed by atoms with Crippen LogP contribution in [0.2, 0.25) is 0 Å². The lowest BCUT2D eigenvalue weighted by Gasteiger charge is -2.33. The fraction of sp³-hybridized carbons (Fsp3) is 0.423. The molecule has 1 saturated heterocycles. The van der Waals surface area contributed by atoms with E-state index < -0.39 is 5.82 Å². The highest BCUT2D eigenvalue weighted by Crippen LogP contribution is 2.40. The Bertz CT molecular complexity index is 1280. The Balaban J connectivity index is 1.30. The number of rotatable bonds is 6. The van der Waals surface area contributed by atoms with Crippen LogP contribution in [0.1, 0.15) is 48.1 Å². The molecule has 1 N–H and O–H groups in total. The number of nitrogens with one attached hydrogen (secondary N) is 1. The molecule has 3 aliphatic rings. The van der Waals surface area contributed by atoms with E-state index >= 15 is 0 Å². The molecule has 3 aromatic rings. The molecular formula is C26H29FN6OS. The van der Waals surface area contributed by atoms with Gasteiger partial charge in [-0.2, -0.15) is 9.97 Å². The van der Waals surface area contributed by atoms with E-state index in [1.807, 2.05) is 19.2 Å². The number of thiazole rings is 1. The van der Waals surface area contributed by atoms with Crippen molar-refractivity contribution in [3.63, 3.8) is 0 Å². The van der Waals surface area contributed by atoms with Gasteiger partial charge in [0.2, 0.25) is 0 Å². The van der Waals surface area contributed by atoms with E-state index in [2.05, 4.69) is 43.2 Å². The zero-order valence-electron chi connectivity index (χ0n) is 20.1. The van der Waals surface area contributed by atoms with Gasteiger partial charge in [-0.25, -0.2) is 9.37 Å². The van der Waals surface area contributed by atoms with Crippen molar-refractivity contribution >= 4 is 34.2 Å². The summed E-state index contributed by atoms with van der Waals surface area (Å²) in [6.45, 7) is 5.66. The van der Waals surface area contributed by atoms with Crippen molar-refractivity contribution in [1.82, 2.24) is 19.9 Å². The summed E-state index contributed by atoms with van der Waals surface area (Å²) in [5.74, 6) is 1.72. The maximum Gasteiger partial charge on any atom is 0.326 e. The van der Waals surface area contributed by atoms with Crippen molar-refractivity contribution in [1.29, 1.82) is 0 Å². The predicted octanol–water partition coefficient (Wildman–Crippen LogP) is 5.59. The third-order valence-electron chi connectivity index (χ3n) is 7.05. The van der Waals surface area contributed by atoms with Gasteiger partial charge in [0.25, 0.3) is 0 Å². The third kappa shape index (κ3) is 4.75. The maximum atomic E-state index is 14.9. The summed E-state index contributed by atoms with van der Waals surface area (Å²) in [6, 6.07) is 5.34. The molecule has 0 radical (unpaired) electrons. The van der Waals surface area contributed by atoms with Crippen molar-refractivity contribution in [2.24, 2.45) is 0 Å². The standard InChI is InChI=1S/C26H29FN6OS/c1-16-10-18-12-20(27)21(13-19(18)11-16)34-25-29-23(14-24(31-25)33-8-6-32(2)7-9-33)30-26-28-15-22(35-26)17-4-3-5-17/h11-15,17H,3-10H2,1-2H3,(H,28,29,30,31). The van der Waals surface area contributed by atoms with Crippen LogP contribution in [0.3, 0.4) is 0 Å². The van der Waals surface area contributed by atoms with E-state index in [-0.39, 0.29) is 11.8 Å². The number of hydrogen-bond donors (Lipinski definition) is 1. The largest absolute Gasteiger partial charge is 0.421 e. The summed E-state index contributed by atoms with van der Waals surface area (Å²) in [7, 11) is 2.12. The Morgan fingerprint density at radius 1 is 1.11 bits per heavy atom. The molecule has 35 heavy (non-hydrogen) atoms. The monoisotopic (exact) mass is 492 g/mol. The van der Waals surface area contributed by atoms with E-state index in [1.54, 1.807) is 23.5 Å². The number of anilines is 3. The fourth-order valence-electron chi connectivity index (χ4n) is 4.75. The van der Waals surface area contributed by atoms with Crippen molar-refractivity contribution in [3.05, 3.63) is 51.8 Å². The van der Waals surface area contributed by atoms with Crippen molar-refractivity contribution < 1.29 is 9.13 Å². The lowest BCUT2D eigenvalue weighted by Crippen LogP contribution is -2.44.